The van der Waals surface area contributed by atoms with Gasteiger partial charge in [-0.3, -0.25) is 14.6 Å². The lowest BCUT2D eigenvalue weighted by molar-refractivity contribution is -0.149. The van der Waals surface area contributed by atoms with E-state index in [4.69, 9.17) is 5.73 Å². The number of aliphatic carboxylic acids is 1. The molecule has 0 unspecified atom stereocenters. The van der Waals surface area contributed by atoms with E-state index in [0.717, 1.165) is 18.7 Å². The second-order valence-corrected chi connectivity index (χ2v) is 7.65. The number of carboxylic acids is 1. The Morgan fingerprint density at radius 3 is 2.58 bits per heavy atom. The molecule has 130 valence electrons. The molecule has 0 bridgehead atoms. The first-order chi connectivity index (χ1) is 11.6. The summed E-state index contributed by atoms with van der Waals surface area (Å²) < 4.78 is 0. The van der Waals surface area contributed by atoms with Gasteiger partial charge in [0, 0.05) is 62.6 Å². The van der Waals surface area contributed by atoms with E-state index in [0.29, 0.717) is 25.7 Å². The van der Waals surface area contributed by atoms with Crippen LogP contribution in [0.1, 0.15) is 31.2 Å². The van der Waals surface area contributed by atoms with E-state index in [1.165, 1.54) is 25.7 Å². The Labute approximate surface area is 141 Å². The Morgan fingerprint density at radius 1 is 1.25 bits per heavy atom. The van der Waals surface area contributed by atoms with E-state index < -0.39 is 11.4 Å². The minimum Gasteiger partial charge on any atom is -0.481 e. The second-order valence-electron chi connectivity index (χ2n) is 7.65. The first-order valence-electron chi connectivity index (χ1n) is 8.83. The van der Waals surface area contributed by atoms with Gasteiger partial charge < -0.3 is 10.8 Å². The fraction of sp³-hybridized carbons (Fsp3) is 0.706. The molecule has 7 nitrogen and oxygen atoms in total. The average Bonchev–Trinajstić information content (AvgIpc) is 3.23. The predicted molar refractivity (Wildman–Crippen MR) is 89.1 cm³/mol. The molecule has 2 aliphatic heterocycles. The minimum absolute atomic E-state index is 0.213. The maximum Gasteiger partial charge on any atom is 0.312 e. The lowest BCUT2D eigenvalue weighted by Gasteiger charge is -2.28. The van der Waals surface area contributed by atoms with Crippen molar-refractivity contribution in [2.75, 3.05) is 31.9 Å². The highest BCUT2D eigenvalue weighted by Gasteiger charge is 2.58. The van der Waals surface area contributed by atoms with E-state index >= 15 is 0 Å². The monoisotopic (exact) mass is 331 g/mol. The lowest BCUT2D eigenvalue weighted by atomic mass is 9.81. The highest BCUT2D eigenvalue weighted by Crippen LogP contribution is 2.45. The molecule has 1 saturated carbocycles. The highest BCUT2D eigenvalue weighted by molar-refractivity contribution is 5.77. The number of anilines is 1. The van der Waals surface area contributed by atoms with Gasteiger partial charge in [-0.2, -0.15) is 0 Å². The SMILES string of the molecule is Nc1ncc(CN2C[C@H]3CN(C4CCCC4)C[C@@]3(C(=O)O)C2)cn1. The molecule has 1 aromatic heterocycles. The maximum atomic E-state index is 12.1. The Morgan fingerprint density at radius 2 is 1.96 bits per heavy atom. The Kier molecular flexibility index (Phi) is 3.92. The van der Waals surface area contributed by atoms with Crippen molar-refractivity contribution in [3.05, 3.63) is 18.0 Å². The largest absolute Gasteiger partial charge is 0.481 e. The van der Waals surface area contributed by atoms with Crippen molar-refractivity contribution >= 4 is 11.9 Å². The van der Waals surface area contributed by atoms with E-state index in [9.17, 15) is 9.90 Å². The summed E-state index contributed by atoms with van der Waals surface area (Å²) in [5.41, 5.74) is 5.90. The molecule has 7 heteroatoms. The third-order valence-corrected chi connectivity index (χ3v) is 6.10. The van der Waals surface area contributed by atoms with Crippen LogP contribution in [0.25, 0.3) is 0 Å². The molecule has 0 amide bonds. The van der Waals surface area contributed by atoms with Crippen LogP contribution in [0, 0.1) is 11.3 Å². The smallest absolute Gasteiger partial charge is 0.312 e. The predicted octanol–water partition coefficient (Wildman–Crippen LogP) is 0.820. The average molecular weight is 331 g/mol. The van der Waals surface area contributed by atoms with Crippen LogP contribution in [0.5, 0.6) is 0 Å². The number of carboxylic acid groups (broad SMARTS) is 1. The fourth-order valence-corrected chi connectivity index (χ4v) is 4.88. The molecule has 1 aliphatic carbocycles. The van der Waals surface area contributed by atoms with Crippen LogP contribution in [0.15, 0.2) is 12.4 Å². The van der Waals surface area contributed by atoms with Gasteiger partial charge in [0.2, 0.25) is 5.95 Å². The van der Waals surface area contributed by atoms with Crippen molar-refractivity contribution in [1.82, 2.24) is 19.8 Å². The molecule has 2 saturated heterocycles. The Hall–Kier alpha value is -1.73. The summed E-state index contributed by atoms with van der Waals surface area (Å²) in [6.07, 6.45) is 8.50. The normalized spacial score (nSPS) is 31.6. The van der Waals surface area contributed by atoms with Crippen molar-refractivity contribution in [2.45, 2.75) is 38.3 Å². The number of likely N-dealkylation sites (tertiary alicyclic amines) is 2. The number of nitrogens with two attached hydrogens (primary N) is 1. The van der Waals surface area contributed by atoms with Gasteiger partial charge in [0.05, 0.1) is 5.41 Å². The molecule has 3 N–H and O–H groups in total. The third kappa shape index (κ3) is 2.65. The van der Waals surface area contributed by atoms with Crippen molar-refractivity contribution in [3.8, 4) is 0 Å². The summed E-state index contributed by atoms with van der Waals surface area (Å²) in [5.74, 6) is -0.152. The first-order valence-corrected chi connectivity index (χ1v) is 8.83. The summed E-state index contributed by atoms with van der Waals surface area (Å²) >= 11 is 0. The first kappa shape index (κ1) is 15.8. The molecule has 4 rings (SSSR count). The van der Waals surface area contributed by atoms with Crippen LogP contribution < -0.4 is 5.73 Å². The number of nitrogen functional groups attached to an aromatic ring is 1. The number of aromatic nitrogens is 2. The lowest BCUT2D eigenvalue weighted by Crippen LogP contribution is -2.42. The van der Waals surface area contributed by atoms with Gasteiger partial charge in [-0.1, -0.05) is 12.8 Å². The van der Waals surface area contributed by atoms with Crippen LogP contribution in [0.3, 0.4) is 0 Å². The van der Waals surface area contributed by atoms with Crippen molar-refractivity contribution in [1.29, 1.82) is 0 Å². The number of carbonyl (C=O) groups is 1. The molecule has 1 aromatic rings. The van der Waals surface area contributed by atoms with Gasteiger partial charge in [0.15, 0.2) is 0 Å². The highest BCUT2D eigenvalue weighted by atomic mass is 16.4. The molecule has 3 heterocycles. The summed E-state index contributed by atoms with van der Waals surface area (Å²) in [6.45, 7) is 3.76. The van der Waals surface area contributed by atoms with Gasteiger partial charge >= 0.3 is 5.97 Å². The van der Waals surface area contributed by atoms with Crippen LogP contribution in [0.4, 0.5) is 5.95 Å². The van der Waals surface area contributed by atoms with Gasteiger partial charge in [-0.25, -0.2) is 9.97 Å². The van der Waals surface area contributed by atoms with Crippen molar-refractivity contribution in [2.24, 2.45) is 11.3 Å². The zero-order valence-electron chi connectivity index (χ0n) is 13.9. The zero-order chi connectivity index (χ0) is 16.7. The molecule has 3 aliphatic rings. The molecule has 0 radical (unpaired) electrons. The van der Waals surface area contributed by atoms with Crippen LogP contribution in [-0.4, -0.2) is 63.1 Å². The van der Waals surface area contributed by atoms with E-state index in [1.807, 2.05) is 0 Å². The quantitative estimate of drug-likeness (QED) is 0.843. The van der Waals surface area contributed by atoms with E-state index in [1.54, 1.807) is 12.4 Å². The van der Waals surface area contributed by atoms with Crippen molar-refractivity contribution in [3.63, 3.8) is 0 Å². The summed E-state index contributed by atoms with van der Waals surface area (Å²) in [7, 11) is 0. The second kappa shape index (κ2) is 5.97. The number of rotatable bonds is 4. The Balaban J connectivity index is 1.46. The van der Waals surface area contributed by atoms with Crippen LogP contribution in [0.2, 0.25) is 0 Å². The van der Waals surface area contributed by atoms with Crippen LogP contribution >= 0.6 is 0 Å². The molecule has 0 spiro atoms. The van der Waals surface area contributed by atoms with Gasteiger partial charge in [0.25, 0.3) is 0 Å². The summed E-state index contributed by atoms with van der Waals surface area (Å²) in [4.78, 5) is 24.9. The van der Waals surface area contributed by atoms with Gasteiger partial charge in [-0.05, 0) is 12.8 Å². The summed E-state index contributed by atoms with van der Waals surface area (Å²) in [6, 6.07) is 0.603. The zero-order valence-corrected chi connectivity index (χ0v) is 13.9. The van der Waals surface area contributed by atoms with E-state index in [-0.39, 0.29) is 11.9 Å². The molecule has 24 heavy (non-hydrogen) atoms. The minimum atomic E-state index is -0.635. The molecular weight excluding hydrogens is 306 g/mol. The standard InChI is InChI=1S/C17H25N5O2/c18-16-19-5-12(6-20-16)7-21-8-13-9-22(14-3-1-2-4-14)11-17(13,10-21)15(23)24/h5-6,13-14H,1-4,7-11H2,(H,23,24)(H2,18,19,20)/t13-,17-/m0/s1. The number of fused-ring (bicyclic) bond motifs is 1. The fourth-order valence-electron chi connectivity index (χ4n) is 4.88. The molecule has 2 atom stereocenters. The maximum absolute atomic E-state index is 12.1. The number of hydrogen-bond acceptors (Lipinski definition) is 6. The van der Waals surface area contributed by atoms with Gasteiger partial charge in [0.1, 0.15) is 0 Å². The molecular formula is C17H25N5O2. The third-order valence-electron chi connectivity index (χ3n) is 6.10. The number of nitrogens with zero attached hydrogens (tertiary/aromatic N) is 4. The topological polar surface area (TPSA) is 95.6 Å². The van der Waals surface area contributed by atoms with Crippen LogP contribution in [-0.2, 0) is 11.3 Å². The number of hydrogen-bond donors (Lipinski definition) is 2. The molecule has 3 fully saturated rings. The Bertz CT molecular complexity index is 616. The van der Waals surface area contributed by atoms with Crippen molar-refractivity contribution < 1.29 is 9.90 Å². The molecule has 0 aromatic carbocycles. The van der Waals surface area contributed by atoms with Gasteiger partial charge in [-0.15, -0.1) is 0 Å². The summed E-state index contributed by atoms with van der Waals surface area (Å²) in [5, 5.41) is 9.96. The van der Waals surface area contributed by atoms with E-state index in [2.05, 4.69) is 19.8 Å².